The van der Waals surface area contributed by atoms with Crippen molar-refractivity contribution >= 4 is 5.91 Å². The number of ether oxygens (including phenoxy) is 2. The zero-order chi connectivity index (χ0) is 19.1. The standard InChI is InChI=1S/C21H31N3O3/c1-4-13-7-21(25)24(11-13)18-12-23-6-5-14-8-19(26-2)20(27-3)9-15(14)17(23)10-16(18)22/h8-9,13,16-18H,4-7,10-12,22H2,1-3H3/t13?,16-,17-,18-/m0/s1. The molecule has 0 aliphatic carbocycles. The number of carbonyl (C=O) groups excluding carboxylic acids is 1. The van der Waals surface area contributed by atoms with E-state index in [1.807, 2.05) is 0 Å². The third-order valence-corrected chi connectivity index (χ3v) is 6.74. The predicted octanol–water partition coefficient (Wildman–Crippen LogP) is 1.96. The summed E-state index contributed by atoms with van der Waals surface area (Å²) in [7, 11) is 3.35. The van der Waals surface area contributed by atoms with Crippen molar-refractivity contribution in [2.45, 2.75) is 50.7 Å². The van der Waals surface area contributed by atoms with E-state index >= 15 is 0 Å². The van der Waals surface area contributed by atoms with Crippen molar-refractivity contribution in [1.82, 2.24) is 9.80 Å². The van der Waals surface area contributed by atoms with Gasteiger partial charge in [0, 0.05) is 38.1 Å². The number of hydrogen-bond acceptors (Lipinski definition) is 5. The van der Waals surface area contributed by atoms with E-state index in [0.29, 0.717) is 18.4 Å². The van der Waals surface area contributed by atoms with E-state index in [2.05, 4.69) is 28.9 Å². The summed E-state index contributed by atoms with van der Waals surface area (Å²) < 4.78 is 11.0. The number of piperidine rings is 1. The first kappa shape index (κ1) is 18.6. The van der Waals surface area contributed by atoms with Gasteiger partial charge in [0.05, 0.1) is 20.3 Å². The van der Waals surface area contributed by atoms with Crippen LogP contribution in [0.2, 0.25) is 0 Å². The summed E-state index contributed by atoms with van der Waals surface area (Å²) in [5, 5.41) is 0. The lowest BCUT2D eigenvalue weighted by atomic mass is 9.83. The summed E-state index contributed by atoms with van der Waals surface area (Å²) >= 11 is 0. The molecule has 1 aromatic rings. The normalized spacial score (nSPS) is 30.8. The molecule has 3 aliphatic heterocycles. The van der Waals surface area contributed by atoms with Gasteiger partial charge in [-0.25, -0.2) is 0 Å². The van der Waals surface area contributed by atoms with Gasteiger partial charge in [-0.1, -0.05) is 13.3 Å². The Kier molecular flexibility index (Phi) is 5.03. The lowest BCUT2D eigenvalue weighted by Gasteiger charge is -2.48. The Hall–Kier alpha value is -1.79. The van der Waals surface area contributed by atoms with Crippen LogP contribution in [0.4, 0.5) is 0 Å². The zero-order valence-corrected chi connectivity index (χ0v) is 16.6. The van der Waals surface area contributed by atoms with E-state index in [4.69, 9.17) is 15.2 Å². The fourth-order valence-corrected chi connectivity index (χ4v) is 5.10. The molecule has 0 saturated carbocycles. The van der Waals surface area contributed by atoms with Crippen molar-refractivity contribution in [3.63, 3.8) is 0 Å². The summed E-state index contributed by atoms with van der Waals surface area (Å²) in [6.07, 6.45) is 3.60. The molecule has 148 valence electrons. The topological polar surface area (TPSA) is 68.0 Å². The van der Waals surface area contributed by atoms with Crippen LogP contribution in [0.3, 0.4) is 0 Å². The van der Waals surface area contributed by atoms with E-state index in [1.165, 1.54) is 11.1 Å². The number of carbonyl (C=O) groups is 1. The highest BCUT2D eigenvalue weighted by molar-refractivity contribution is 5.79. The predicted molar refractivity (Wildman–Crippen MR) is 104 cm³/mol. The molecule has 2 N–H and O–H groups in total. The minimum atomic E-state index is 0.00449. The van der Waals surface area contributed by atoms with E-state index < -0.39 is 0 Å². The van der Waals surface area contributed by atoms with Crippen molar-refractivity contribution in [2.75, 3.05) is 33.9 Å². The van der Waals surface area contributed by atoms with Gasteiger partial charge in [-0.3, -0.25) is 9.69 Å². The molecule has 3 heterocycles. The fourth-order valence-electron chi connectivity index (χ4n) is 5.10. The second kappa shape index (κ2) is 7.32. The summed E-state index contributed by atoms with van der Waals surface area (Å²) in [4.78, 5) is 17.1. The Morgan fingerprint density at radius 2 is 1.93 bits per heavy atom. The number of rotatable bonds is 4. The summed E-state index contributed by atoms with van der Waals surface area (Å²) in [5.74, 6) is 2.33. The monoisotopic (exact) mass is 373 g/mol. The molecule has 27 heavy (non-hydrogen) atoms. The minimum Gasteiger partial charge on any atom is -0.493 e. The quantitative estimate of drug-likeness (QED) is 0.874. The number of hydrogen-bond donors (Lipinski definition) is 1. The van der Waals surface area contributed by atoms with Gasteiger partial charge in [0.25, 0.3) is 0 Å². The van der Waals surface area contributed by atoms with Crippen molar-refractivity contribution < 1.29 is 14.3 Å². The Balaban J connectivity index is 1.57. The number of amides is 1. The summed E-state index contributed by atoms with van der Waals surface area (Å²) in [5.41, 5.74) is 9.24. The molecule has 0 spiro atoms. The molecule has 3 aliphatic rings. The van der Waals surface area contributed by atoms with Crippen LogP contribution in [-0.2, 0) is 11.2 Å². The smallest absolute Gasteiger partial charge is 0.223 e. The average Bonchev–Trinajstić information content (AvgIpc) is 3.06. The molecule has 0 aromatic heterocycles. The Labute approximate surface area is 161 Å². The number of methoxy groups -OCH3 is 2. The highest BCUT2D eigenvalue weighted by Gasteiger charge is 2.43. The Morgan fingerprint density at radius 1 is 1.19 bits per heavy atom. The molecule has 1 aromatic carbocycles. The molecule has 6 heteroatoms. The van der Waals surface area contributed by atoms with Gasteiger partial charge in [0.2, 0.25) is 5.91 Å². The maximum atomic E-state index is 12.5. The molecular formula is C21H31N3O3. The first-order valence-corrected chi connectivity index (χ1v) is 10.1. The molecule has 4 atom stereocenters. The largest absolute Gasteiger partial charge is 0.493 e. The molecule has 0 radical (unpaired) electrons. The molecule has 1 amide bonds. The van der Waals surface area contributed by atoms with Gasteiger partial charge in [-0.2, -0.15) is 0 Å². The number of likely N-dealkylation sites (tertiary alicyclic amines) is 1. The van der Waals surface area contributed by atoms with Crippen molar-refractivity contribution in [3.05, 3.63) is 23.3 Å². The van der Waals surface area contributed by atoms with Crippen molar-refractivity contribution in [3.8, 4) is 11.5 Å². The summed E-state index contributed by atoms with van der Waals surface area (Å²) in [6.45, 7) is 4.90. The van der Waals surface area contributed by atoms with Gasteiger partial charge in [0.1, 0.15) is 0 Å². The van der Waals surface area contributed by atoms with Gasteiger partial charge in [-0.05, 0) is 42.0 Å². The molecule has 4 rings (SSSR count). The van der Waals surface area contributed by atoms with Crippen LogP contribution in [-0.4, -0.2) is 61.6 Å². The molecule has 0 bridgehead atoms. The molecule has 1 unspecified atom stereocenters. The van der Waals surface area contributed by atoms with Crippen LogP contribution in [0.5, 0.6) is 11.5 Å². The number of nitrogens with zero attached hydrogens (tertiary/aromatic N) is 2. The molecule has 2 fully saturated rings. The van der Waals surface area contributed by atoms with Gasteiger partial charge in [-0.15, -0.1) is 0 Å². The first-order chi connectivity index (χ1) is 13.0. The van der Waals surface area contributed by atoms with Crippen molar-refractivity contribution in [1.29, 1.82) is 0 Å². The van der Waals surface area contributed by atoms with Crippen LogP contribution in [0.25, 0.3) is 0 Å². The maximum absolute atomic E-state index is 12.5. The third kappa shape index (κ3) is 3.19. The SMILES string of the molecule is CCC1CC(=O)N([C@H]2CN3CCc4cc(OC)c(OC)cc4[C@@H]3C[C@@H]2N)C1. The first-order valence-electron chi connectivity index (χ1n) is 10.1. The van der Waals surface area contributed by atoms with Crippen LogP contribution >= 0.6 is 0 Å². The van der Waals surface area contributed by atoms with Gasteiger partial charge in [0.15, 0.2) is 11.5 Å². The lowest BCUT2D eigenvalue weighted by Crippen LogP contribution is -2.60. The number of fused-ring (bicyclic) bond motifs is 3. The van der Waals surface area contributed by atoms with Gasteiger partial charge < -0.3 is 20.1 Å². The van der Waals surface area contributed by atoms with Crippen LogP contribution < -0.4 is 15.2 Å². The maximum Gasteiger partial charge on any atom is 0.223 e. The average molecular weight is 373 g/mol. The number of benzene rings is 1. The highest BCUT2D eigenvalue weighted by Crippen LogP contribution is 2.42. The van der Waals surface area contributed by atoms with E-state index in [9.17, 15) is 4.79 Å². The van der Waals surface area contributed by atoms with Crippen molar-refractivity contribution in [2.24, 2.45) is 11.7 Å². The minimum absolute atomic E-state index is 0.00449. The van der Waals surface area contributed by atoms with E-state index in [0.717, 1.165) is 50.4 Å². The molecule has 2 saturated heterocycles. The summed E-state index contributed by atoms with van der Waals surface area (Å²) in [6, 6.07) is 4.65. The fraction of sp³-hybridized carbons (Fsp3) is 0.667. The Bertz CT molecular complexity index is 723. The van der Waals surface area contributed by atoms with Crippen LogP contribution in [0.15, 0.2) is 12.1 Å². The Morgan fingerprint density at radius 3 is 2.59 bits per heavy atom. The van der Waals surface area contributed by atoms with Crippen LogP contribution in [0, 0.1) is 5.92 Å². The van der Waals surface area contributed by atoms with Crippen LogP contribution in [0.1, 0.15) is 43.4 Å². The zero-order valence-electron chi connectivity index (χ0n) is 16.6. The molecular weight excluding hydrogens is 342 g/mol. The second-order valence-corrected chi connectivity index (χ2v) is 8.16. The third-order valence-electron chi connectivity index (χ3n) is 6.74. The second-order valence-electron chi connectivity index (χ2n) is 8.16. The van der Waals surface area contributed by atoms with E-state index in [1.54, 1.807) is 14.2 Å². The van der Waals surface area contributed by atoms with E-state index in [-0.39, 0.29) is 18.0 Å². The number of nitrogens with two attached hydrogens (primary N) is 1. The highest BCUT2D eigenvalue weighted by atomic mass is 16.5. The van der Waals surface area contributed by atoms with Gasteiger partial charge >= 0.3 is 0 Å². The molecule has 6 nitrogen and oxygen atoms in total. The lowest BCUT2D eigenvalue weighted by molar-refractivity contribution is -0.131.